The van der Waals surface area contributed by atoms with Gasteiger partial charge < -0.3 is 15.7 Å². The molecular weight excluding hydrogens is 386 g/mol. The summed E-state index contributed by atoms with van der Waals surface area (Å²) in [4.78, 5) is 0. The van der Waals surface area contributed by atoms with Crippen molar-refractivity contribution in [2.75, 3.05) is 0 Å². The van der Waals surface area contributed by atoms with Gasteiger partial charge in [-0.1, -0.05) is 34.4 Å². The van der Waals surface area contributed by atoms with Crippen molar-refractivity contribution in [2.45, 2.75) is 0 Å². The molecule has 0 radical (unpaired) electrons. The highest BCUT2D eigenvalue weighted by Gasteiger charge is 2.16. The minimum absolute atomic E-state index is 0.0445. The molecule has 2 rings (SSSR count). The molecule has 2 aromatic carbocycles. The summed E-state index contributed by atoms with van der Waals surface area (Å²) in [6.07, 6.45) is 0. The third-order valence-corrected chi connectivity index (χ3v) is 3.76. The van der Waals surface area contributed by atoms with Crippen molar-refractivity contribution in [3.8, 4) is 11.5 Å². The molecule has 0 heterocycles. The Morgan fingerprint density at radius 3 is 2.62 bits per heavy atom. The average Bonchev–Trinajstić information content (AvgIpc) is 2.44. The van der Waals surface area contributed by atoms with E-state index in [0.29, 0.717) is 4.47 Å². The van der Waals surface area contributed by atoms with E-state index in [4.69, 9.17) is 38.9 Å². The van der Waals surface area contributed by atoms with Gasteiger partial charge in [0.05, 0.1) is 20.1 Å². The number of nitrogens with zero attached hydrogens (tertiary/aromatic N) is 1. The number of hydrogen-bond acceptors (Lipinski definition) is 3. The first-order valence-corrected chi connectivity index (χ1v) is 7.07. The SMILES string of the molecule is N/C(=N/O)c1c(Cl)cccc1Oc1cc(F)c(Cl)cc1Br. The van der Waals surface area contributed by atoms with Gasteiger partial charge >= 0.3 is 0 Å². The fourth-order valence-electron chi connectivity index (χ4n) is 1.59. The molecule has 0 amide bonds. The number of amidine groups is 1. The molecule has 0 aliphatic carbocycles. The Bertz CT molecular complexity index is 726. The maximum Gasteiger partial charge on any atom is 0.175 e. The smallest absolute Gasteiger partial charge is 0.175 e. The third-order valence-electron chi connectivity index (χ3n) is 2.53. The molecule has 0 aliphatic rings. The zero-order valence-corrected chi connectivity index (χ0v) is 13.4. The third kappa shape index (κ3) is 3.40. The number of rotatable bonds is 3. The number of halogens is 4. The van der Waals surface area contributed by atoms with E-state index in [1.165, 1.54) is 6.07 Å². The van der Waals surface area contributed by atoms with E-state index in [1.54, 1.807) is 18.2 Å². The molecule has 0 fully saturated rings. The highest BCUT2D eigenvalue weighted by atomic mass is 79.9. The van der Waals surface area contributed by atoms with Crippen molar-refractivity contribution in [3.63, 3.8) is 0 Å². The van der Waals surface area contributed by atoms with Gasteiger partial charge in [0.15, 0.2) is 5.84 Å². The van der Waals surface area contributed by atoms with E-state index in [2.05, 4.69) is 21.1 Å². The monoisotopic (exact) mass is 392 g/mol. The van der Waals surface area contributed by atoms with Crippen molar-refractivity contribution >= 4 is 45.0 Å². The summed E-state index contributed by atoms with van der Waals surface area (Å²) in [7, 11) is 0. The molecule has 4 nitrogen and oxygen atoms in total. The van der Waals surface area contributed by atoms with Crippen LogP contribution in [0.15, 0.2) is 40.0 Å². The fourth-order valence-corrected chi connectivity index (χ4v) is 2.57. The Kier molecular flexibility index (Phi) is 4.92. The summed E-state index contributed by atoms with van der Waals surface area (Å²) in [6.45, 7) is 0. The van der Waals surface area contributed by atoms with Crippen LogP contribution in [0.3, 0.4) is 0 Å². The highest BCUT2D eigenvalue weighted by Crippen LogP contribution is 2.36. The number of ether oxygens (including phenoxy) is 1. The molecule has 110 valence electrons. The van der Waals surface area contributed by atoms with Crippen molar-refractivity contribution in [2.24, 2.45) is 10.9 Å². The van der Waals surface area contributed by atoms with E-state index in [0.717, 1.165) is 6.07 Å². The van der Waals surface area contributed by atoms with Gasteiger partial charge in [-0.15, -0.1) is 0 Å². The van der Waals surface area contributed by atoms with Crippen LogP contribution in [-0.2, 0) is 0 Å². The first-order valence-electron chi connectivity index (χ1n) is 5.53. The molecule has 2 aromatic rings. The minimum Gasteiger partial charge on any atom is -0.455 e. The Labute approximate surface area is 138 Å². The first kappa shape index (κ1) is 15.9. The predicted molar refractivity (Wildman–Crippen MR) is 83.1 cm³/mol. The summed E-state index contributed by atoms with van der Waals surface area (Å²) in [5, 5.41) is 11.9. The van der Waals surface area contributed by atoms with Gasteiger partial charge in [0.25, 0.3) is 0 Å². The molecule has 0 bridgehead atoms. The number of oxime groups is 1. The average molecular weight is 394 g/mol. The lowest BCUT2D eigenvalue weighted by Crippen LogP contribution is -2.15. The molecule has 0 saturated carbocycles. The Balaban J connectivity index is 2.50. The topological polar surface area (TPSA) is 67.8 Å². The predicted octanol–water partition coefficient (Wildman–Crippen LogP) is 4.78. The van der Waals surface area contributed by atoms with Gasteiger partial charge in [-0.25, -0.2) is 4.39 Å². The molecule has 0 aliphatic heterocycles. The fraction of sp³-hybridized carbons (Fsp3) is 0. The molecule has 0 spiro atoms. The molecule has 0 unspecified atom stereocenters. The molecule has 0 aromatic heterocycles. The lowest BCUT2D eigenvalue weighted by atomic mass is 10.2. The Morgan fingerprint density at radius 1 is 1.24 bits per heavy atom. The maximum absolute atomic E-state index is 13.5. The second-order valence-corrected chi connectivity index (χ2v) is 5.57. The molecular formula is C13H8BrCl2FN2O2. The summed E-state index contributed by atoms with van der Waals surface area (Å²) >= 11 is 14.9. The van der Waals surface area contributed by atoms with Crippen LogP contribution >= 0.6 is 39.1 Å². The zero-order valence-electron chi connectivity index (χ0n) is 10.3. The van der Waals surface area contributed by atoms with Gasteiger partial charge in [-0.2, -0.15) is 0 Å². The molecule has 0 atom stereocenters. The molecule has 8 heteroatoms. The van der Waals surface area contributed by atoms with Crippen molar-refractivity contribution in [3.05, 3.63) is 56.2 Å². The molecule has 21 heavy (non-hydrogen) atoms. The van der Waals surface area contributed by atoms with Crippen LogP contribution < -0.4 is 10.5 Å². The molecule has 3 N–H and O–H groups in total. The van der Waals surface area contributed by atoms with Crippen LogP contribution in [0, 0.1) is 5.82 Å². The summed E-state index contributed by atoms with van der Waals surface area (Å²) in [5.74, 6) is -0.477. The van der Waals surface area contributed by atoms with E-state index in [-0.39, 0.29) is 32.9 Å². The van der Waals surface area contributed by atoms with Gasteiger partial charge in [-0.3, -0.25) is 0 Å². The first-order chi connectivity index (χ1) is 9.93. The second-order valence-electron chi connectivity index (χ2n) is 3.90. The van der Waals surface area contributed by atoms with Crippen LogP contribution in [0.25, 0.3) is 0 Å². The maximum atomic E-state index is 13.5. The summed E-state index contributed by atoms with van der Waals surface area (Å²) < 4.78 is 19.5. The van der Waals surface area contributed by atoms with Crippen LogP contribution in [0.4, 0.5) is 4.39 Å². The highest BCUT2D eigenvalue weighted by molar-refractivity contribution is 9.10. The number of hydrogen-bond donors (Lipinski definition) is 2. The number of benzene rings is 2. The molecule has 0 saturated heterocycles. The van der Waals surface area contributed by atoms with Crippen LogP contribution in [-0.4, -0.2) is 11.0 Å². The van der Waals surface area contributed by atoms with Gasteiger partial charge in [-0.05, 0) is 34.1 Å². The standard InChI is InChI=1S/C13H8BrCl2FN2O2/c14-6-4-8(16)9(17)5-11(6)21-10-3-1-2-7(15)12(10)13(18)19-20/h1-5,20H,(H2,18,19). The van der Waals surface area contributed by atoms with E-state index < -0.39 is 5.82 Å². The second kappa shape index (κ2) is 6.51. The van der Waals surface area contributed by atoms with E-state index in [9.17, 15) is 4.39 Å². The minimum atomic E-state index is -0.637. The van der Waals surface area contributed by atoms with Crippen molar-refractivity contribution in [1.29, 1.82) is 0 Å². The van der Waals surface area contributed by atoms with Crippen LogP contribution in [0.5, 0.6) is 11.5 Å². The lowest BCUT2D eigenvalue weighted by molar-refractivity contribution is 0.318. The van der Waals surface area contributed by atoms with Crippen molar-refractivity contribution in [1.82, 2.24) is 0 Å². The Morgan fingerprint density at radius 2 is 1.95 bits per heavy atom. The van der Waals surface area contributed by atoms with Gasteiger partial charge in [0, 0.05) is 6.07 Å². The van der Waals surface area contributed by atoms with Gasteiger partial charge in [0.1, 0.15) is 17.3 Å². The normalized spacial score (nSPS) is 11.5. The lowest BCUT2D eigenvalue weighted by Gasteiger charge is -2.13. The van der Waals surface area contributed by atoms with E-state index in [1.807, 2.05) is 0 Å². The van der Waals surface area contributed by atoms with Crippen LogP contribution in [0.2, 0.25) is 10.0 Å². The Hall–Kier alpha value is -1.50. The van der Waals surface area contributed by atoms with Gasteiger partial charge in [0.2, 0.25) is 0 Å². The summed E-state index contributed by atoms with van der Waals surface area (Å²) in [5.41, 5.74) is 5.77. The largest absolute Gasteiger partial charge is 0.455 e. The van der Waals surface area contributed by atoms with Crippen molar-refractivity contribution < 1.29 is 14.3 Å². The number of nitrogens with two attached hydrogens (primary N) is 1. The zero-order chi connectivity index (χ0) is 15.6. The summed E-state index contributed by atoms with van der Waals surface area (Å²) in [6, 6.07) is 7.20. The van der Waals surface area contributed by atoms with Crippen LogP contribution in [0.1, 0.15) is 5.56 Å². The quantitative estimate of drug-likeness (QED) is 0.259. The van der Waals surface area contributed by atoms with E-state index >= 15 is 0 Å².